The number of benzene rings is 1. The normalized spacial score (nSPS) is 22.2. The molecule has 2 atom stereocenters. The van der Waals surface area contributed by atoms with E-state index in [9.17, 15) is 5.26 Å². The number of hydrogen-bond donors (Lipinski definition) is 1. The Kier molecular flexibility index (Phi) is 4.65. The summed E-state index contributed by atoms with van der Waals surface area (Å²) in [6, 6.07) is 7.36. The summed E-state index contributed by atoms with van der Waals surface area (Å²) in [6.07, 6.45) is 4.78. The Morgan fingerprint density at radius 1 is 1.41 bits per heavy atom. The number of nitrogens with one attached hydrogen (secondary N) is 1. The largest absolute Gasteiger partial charge is 0.306 e. The molecule has 2 aliphatic rings. The zero-order valence-corrected chi connectivity index (χ0v) is 16.4. The summed E-state index contributed by atoms with van der Waals surface area (Å²) < 4.78 is 0.733. The molecule has 27 heavy (non-hydrogen) atoms. The van der Waals surface area contributed by atoms with Crippen molar-refractivity contribution in [3.63, 3.8) is 0 Å². The van der Waals surface area contributed by atoms with Gasteiger partial charge in [0.1, 0.15) is 11.8 Å². The van der Waals surface area contributed by atoms with E-state index in [1.54, 1.807) is 12.3 Å². The molecule has 0 radical (unpaired) electrons. The number of nitriles is 1. The van der Waals surface area contributed by atoms with Crippen molar-refractivity contribution in [3.8, 4) is 6.07 Å². The SMILES string of the molecule is [C-]#[N+]C1C(C2=CCN(C)CC2)=Nc2[nH]ncc2C1c1cccc(C#N)c1Br. The molecule has 0 aliphatic carbocycles. The first-order chi connectivity index (χ1) is 13.1. The molecule has 0 saturated carbocycles. The van der Waals surface area contributed by atoms with Crippen LogP contribution in [-0.2, 0) is 0 Å². The Morgan fingerprint density at radius 3 is 2.96 bits per heavy atom. The minimum absolute atomic E-state index is 0.230. The summed E-state index contributed by atoms with van der Waals surface area (Å²) >= 11 is 3.58. The molecule has 0 saturated heterocycles. The average molecular weight is 421 g/mol. The summed E-state index contributed by atoms with van der Waals surface area (Å²) in [5.41, 5.74) is 4.31. The Balaban J connectivity index is 1.88. The fourth-order valence-corrected chi connectivity index (χ4v) is 4.33. The number of aromatic amines is 1. The summed E-state index contributed by atoms with van der Waals surface area (Å²) in [5.74, 6) is 0.468. The van der Waals surface area contributed by atoms with Crippen LogP contribution in [0.3, 0.4) is 0 Å². The van der Waals surface area contributed by atoms with Crippen molar-refractivity contribution in [1.82, 2.24) is 15.1 Å². The molecular formula is C20H17BrN6. The van der Waals surface area contributed by atoms with Crippen LogP contribution in [0.4, 0.5) is 5.82 Å². The average Bonchev–Trinajstić information content (AvgIpc) is 3.16. The van der Waals surface area contributed by atoms with Crippen LogP contribution in [0.5, 0.6) is 0 Å². The highest BCUT2D eigenvalue weighted by Crippen LogP contribution is 2.43. The molecule has 0 bridgehead atoms. The Morgan fingerprint density at radius 2 is 2.26 bits per heavy atom. The van der Waals surface area contributed by atoms with Gasteiger partial charge in [0.15, 0.2) is 5.82 Å². The standard InChI is InChI=1S/C20H17BrN6/c1-23-19-16(14-5-3-4-13(10-22)17(14)21)15-11-24-26-20(15)25-18(19)12-6-8-27(2)9-7-12/h3-6,11,16,19H,7-9H2,2H3,(H,24,26). The number of halogens is 1. The zero-order chi connectivity index (χ0) is 19.0. The molecule has 134 valence electrons. The van der Waals surface area contributed by atoms with Crippen molar-refractivity contribution in [2.45, 2.75) is 18.4 Å². The summed E-state index contributed by atoms with van der Waals surface area (Å²) in [6.45, 7) is 9.73. The van der Waals surface area contributed by atoms with Crippen LogP contribution < -0.4 is 0 Å². The Bertz CT molecular complexity index is 1040. The number of nitrogens with zero attached hydrogens (tertiary/aromatic N) is 5. The molecule has 7 heteroatoms. The number of fused-ring (bicyclic) bond motifs is 1. The van der Waals surface area contributed by atoms with Gasteiger partial charge in [-0.05, 0) is 46.6 Å². The van der Waals surface area contributed by atoms with Crippen molar-refractivity contribution in [3.05, 3.63) is 68.6 Å². The lowest BCUT2D eigenvalue weighted by atomic mass is 9.79. The molecule has 1 aromatic carbocycles. The van der Waals surface area contributed by atoms with Crippen LogP contribution >= 0.6 is 15.9 Å². The molecule has 2 aromatic rings. The van der Waals surface area contributed by atoms with E-state index in [1.807, 2.05) is 12.1 Å². The van der Waals surface area contributed by atoms with E-state index in [4.69, 9.17) is 11.6 Å². The van der Waals surface area contributed by atoms with Crippen molar-refractivity contribution >= 4 is 27.5 Å². The highest BCUT2D eigenvalue weighted by atomic mass is 79.9. The Labute approximate surface area is 166 Å². The number of aromatic nitrogens is 2. The third kappa shape index (κ3) is 2.99. The lowest BCUT2D eigenvalue weighted by Crippen LogP contribution is -2.34. The van der Waals surface area contributed by atoms with Gasteiger partial charge in [0.2, 0.25) is 0 Å². The second kappa shape index (κ2) is 7.11. The van der Waals surface area contributed by atoms with E-state index in [2.05, 4.69) is 55.1 Å². The number of aliphatic imine (C=N–C) groups is 1. The van der Waals surface area contributed by atoms with E-state index in [0.29, 0.717) is 11.4 Å². The molecule has 6 nitrogen and oxygen atoms in total. The van der Waals surface area contributed by atoms with Gasteiger partial charge < -0.3 is 9.74 Å². The highest BCUT2D eigenvalue weighted by Gasteiger charge is 2.42. The van der Waals surface area contributed by atoms with E-state index in [1.165, 1.54) is 0 Å². The second-order valence-corrected chi connectivity index (χ2v) is 7.58. The number of likely N-dealkylation sites (N-methyl/N-ethyl adjacent to an activating group) is 1. The van der Waals surface area contributed by atoms with Crippen LogP contribution in [0, 0.1) is 17.9 Å². The van der Waals surface area contributed by atoms with Gasteiger partial charge in [0.05, 0.1) is 17.7 Å². The fraction of sp³-hybridized carbons (Fsp3) is 0.300. The van der Waals surface area contributed by atoms with E-state index < -0.39 is 6.04 Å². The van der Waals surface area contributed by atoms with Gasteiger partial charge in [-0.15, -0.1) is 0 Å². The van der Waals surface area contributed by atoms with Gasteiger partial charge in [-0.25, -0.2) is 11.6 Å². The summed E-state index contributed by atoms with van der Waals surface area (Å²) in [5, 5.41) is 16.5. The fourth-order valence-electron chi connectivity index (χ4n) is 3.74. The molecule has 2 aliphatic heterocycles. The van der Waals surface area contributed by atoms with E-state index in [-0.39, 0.29) is 5.92 Å². The lowest BCUT2D eigenvalue weighted by molar-refractivity contribution is 0.362. The van der Waals surface area contributed by atoms with Gasteiger partial charge in [-0.3, -0.25) is 5.10 Å². The molecule has 4 rings (SSSR count). The molecule has 1 aromatic heterocycles. The molecule has 1 N–H and O–H groups in total. The van der Waals surface area contributed by atoms with Crippen molar-refractivity contribution in [2.75, 3.05) is 20.1 Å². The first kappa shape index (κ1) is 17.7. The van der Waals surface area contributed by atoms with Crippen molar-refractivity contribution in [1.29, 1.82) is 5.26 Å². The first-order valence-electron chi connectivity index (χ1n) is 8.69. The lowest BCUT2D eigenvalue weighted by Gasteiger charge is -2.28. The van der Waals surface area contributed by atoms with Gasteiger partial charge in [0.25, 0.3) is 6.04 Å². The third-order valence-electron chi connectivity index (χ3n) is 5.18. The van der Waals surface area contributed by atoms with Crippen LogP contribution in [0.1, 0.15) is 29.0 Å². The predicted octanol–water partition coefficient (Wildman–Crippen LogP) is 3.81. The van der Waals surface area contributed by atoms with Gasteiger partial charge in [-0.2, -0.15) is 10.4 Å². The maximum absolute atomic E-state index is 9.40. The predicted molar refractivity (Wildman–Crippen MR) is 107 cm³/mol. The highest BCUT2D eigenvalue weighted by molar-refractivity contribution is 9.10. The van der Waals surface area contributed by atoms with Gasteiger partial charge in [0, 0.05) is 23.1 Å². The second-order valence-electron chi connectivity index (χ2n) is 6.78. The molecule has 3 heterocycles. The molecule has 0 spiro atoms. The van der Waals surface area contributed by atoms with Crippen molar-refractivity contribution < 1.29 is 0 Å². The van der Waals surface area contributed by atoms with Crippen molar-refractivity contribution in [2.24, 2.45) is 4.99 Å². The van der Waals surface area contributed by atoms with Crippen LogP contribution in [-0.4, -0.2) is 47.0 Å². The van der Waals surface area contributed by atoms with Gasteiger partial charge >= 0.3 is 0 Å². The number of rotatable bonds is 2. The maximum atomic E-state index is 9.40. The number of hydrogen-bond acceptors (Lipinski definition) is 4. The molecule has 0 fully saturated rings. The van der Waals surface area contributed by atoms with E-state index in [0.717, 1.165) is 46.4 Å². The number of H-pyrrole nitrogens is 1. The molecule has 2 unspecified atom stereocenters. The third-order valence-corrected chi connectivity index (χ3v) is 6.06. The van der Waals surface area contributed by atoms with Crippen LogP contribution in [0.25, 0.3) is 4.85 Å². The molecule has 0 amide bonds. The quantitative estimate of drug-likeness (QED) is 0.750. The summed E-state index contributed by atoms with van der Waals surface area (Å²) in [7, 11) is 2.09. The van der Waals surface area contributed by atoms with Crippen LogP contribution in [0.15, 0.2) is 45.5 Å². The Hall–Kier alpha value is -2.74. The minimum atomic E-state index is -0.449. The zero-order valence-electron chi connectivity index (χ0n) is 14.8. The van der Waals surface area contributed by atoms with E-state index >= 15 is 0 Å². The first-order valence-corrected chi connectivity index (χ1v) is 9.48. The smallest absolute Gasteiger partial charge is 0.276 e. The monoisotopic (exact) mass is 420 g/mol. The minimum Gasteiger partial charge on any atom is -0.306 e. The molecular weight excluding hydrogens is 404 g/mol. The van der Waals surface area contributed by atoms with Crippen LogP contribution in [0.2, 0.25) is 0 Å². The van der Waals surface area contributed by atoms with Gasteiger partial charge in [-0.1, -0.05) is 18.2 Å². The topological polar surface area (TPSA) is 72.4 Å². The maximum Gasteiger partial charge on any atom is 0.276 e. The summed E-state index contributed by atoms with van der Waals surface area (Å²) in [4.78, 5) is 11.0.